The van der Waals surface area contributed by atoms with Crippen molar-refractivity contribution in [1.29, 1.82) is 0 Å². The number of thioether (sulfide) groups is 1. The van der Waals surface area contributed by atoms with Gasteiger partial charge in [0, 0.05) is 20.0 Å². The number of fused-ring (bicyclic) bond motifs is 1. The summed E-state index contributed by atoms with van der Waals surface area (Å²) in [7, 11) is 1.78. The van der Waals surface area contributed by atoms with Crippen LogP contribution >= 0.6 is 11.8 Å². The first kappa shape index (κ1) is 14.4. The molecule has 0 aromatic carbocycles. The van der Waals surface area contributed by atoms with Crippen LogP contribution in [0.1, 0.15) is 12.1 Å². The number of imidazole rings is 1. The second-order valence-electron chi connectivity index (χ2n) is 4.33. The van der Waals surface area contributed by atoms with E-state index >= 15 is 0 Å². The molecule has 0 fully saturated rings. The molecule has 108 valence electrons. The van der Waals surface area contributed by atoms with Crippen LogP contribution in [0.4, 0.5) is 0 Å². The molecule has 0 atom stereocenters. The van der Waals surface area contributed by atoms with Gasteiger partial charge in [-0.2, -0.15) is 5.10 Å². The van der Waals surface area contributed by atoms with Crippen LogP contribution in [-0.4, -0.2) is 42.1 Å². The molecule has 0 aliphatic rings. The summed E-state index contributed by atoms with van der Waals surface area (Å²) in [6.45, 7) is 2.19. The van der Waals surface area contributed by atoms with E-state index in [0.29, 0.717) is 17.2 Å². The van der Waals surface area contributed by atoms with Gasteiger partial charge in [-0.3, -0.25) is 14.3 Å². The third-order valence-electron chi connectivity index (χ3n) is 2.76. The molecular weight excluding hydrogens is 282 g/mol. The number of carboxylic acid groups (broad SMARTS) is 1. The van der Waals surface area contributed by atoms with E-state index in [9.17, 15) is 9.59 Å². The van der Waals surface area contributed by atoms with E-state index in [2.05, 4.69) is 10.1 Å². The zero-order valence-electron chi connectivity index (χ0n) is 11.2. The molecule has 0 bridgehead atoms. The lowest BCUT2D eigenvalue weighted by Gasteiger charge is -2.07. The van der Waals surface area contributed by atoms with Gasteiger partial charge in [0.25, 0.3) is 0 Å². The van der Waals surface area contributed by atoms with Crippen LogP contribution in [0.2, 0.25) is 0 Å². The molecular formula is C11H15N5O3S. The predicted molar refractivity (Wildman–Crippen MR) is 73.4 cm³/mol. The molecule has 3 N–H and O–H groups in total. The van der Waals surface area contributed by atoms with Crippen molar-refractivity contribution in [3.63, 3.8) is 0 Å². The third-order valence-corrected chi connectivity index (χ3v) is 3.72. The van der Waals surface area contributed by atoms with Crippen molar-refractivity contribution >= 4 is 34.8 Å². The Balaban J connectivity index is 2.43. The van der Waals surface area contributed by atoms with E-state index in [1.165, 1.54) is 0 Å². The topological polar surface area (TPSA) is 116 Å². The van der Waals surface area contributed by atoms with Crippen LogP contribution in [0.5, 0.6) is 0 Å². The van der Waals surface area contributed by atoms with Gasteiger partial charge in [-0.25, -0.2) is 4.98 Å². The summed E-state index contributed by atoms with van der Waals surface area (Å²) >= 11 is 1.11. The Hall–Kier alpha value is -2.03. The van der Waals surface area contributed by atoms with E-state index in [1.54, 1.807) is 16.3 Å². The number of carbonyl (C=O) groups is 2. The number of carboxylic acids is 1. The number of aliphatic carboxylic acids is 1. The van der Waals surface area contributed by atoms with E-state index in [-0.39, 0.29) is 12.2 Å². The summed E-state index contributed by atoms with van der Waals surface area (Å²) in [6.07, 6.45) is 0.163. The maximum absolute atomic E-state index is 11.0. The molecule has 2 heterocycles. The molecule has 0 unspecified atom stereocenters. The molecule has 9 heteroatoms. The highest BCUT2D eigenvalue weighted by atomic mass is 32.2. The van der Waals surface area contributed by atoms with Gasteiger partial charge in [0.1, 0.15) is 5.52 Å². The minimum atomic E-state index is -0.918. The molecule has 0 spiro atoms. The number of nitrogens with zero attached hydrogens (tertiary/aromatic N) is 4. The number of aryl methyl sites for hydroxylation is 3. The van der Waals surface area contributed by atoms with Gasteiger partial charge >= 0.3 is 5.97 Å². The highest BCUT2D eigenvalue weighted by molar-refractivity contribution is 7.99. The van der Waals surface area contributed by atoms with Gasteiger partial charge in [0.05, 0.1) is 11.4 Å². The number of aromatic nitrogens is 4. The van der Waals surface area contributed by atoms with Crippen LogP contribution in [0.25, 0.3) is 11.2 Å². The average Bonchev–Trinajstić information content (AvgIpc) is 2.83. The van der Waals surface area contributed by atoms with Crippen molar-refractivity contribution < 1.29 is 14.7 Å². The Bertz CT molecular complexity index is 675. The van der Waals surface area contributed by atoms with Crippen LogP contribution in [0, 0.1) is 6.92 Å². The number of carbonyl (C=O) groups excluding carboxylic acids is 1. The maximum atomic E-state index is 11.0. The fraction of sp³-hybridized carbons (Fsp3) is 0.455. The second-order valence-corrected chi connectivity index (χ2v) is 5.27. The summed E-state index contributed by atoms with van der Waals surface area (Å²) in [5.41, 5.74) is 7.41. The summed E-state index contributed by atoms with van der Waals surface area (Å²) in [5.74, 6) is -1.43. The standard InChI is InChI=1S/C11H15N5O3S/c1-6-9-10(15(2)14-6)16(4-3-7(12)17)11(13-9)20-5-8(18)19/h3-5H2,1-2H3,(H2,12,17)(H,18,19). The highest BCUT2D eigenvalue weighted by Crippen LogP contribution is 2.25. The van der Waals surface area contributed by atoms with E-state index in [0.717, 1.165) is 23.1 Å². The SMILES string of the molecule is Cc1nn(C)c2c1nc(SCC(=O)O)n2CCC(N)=O. The molecule has 20 heavy (non-hydrogen) atoms. The Morgan fingerprint density at radius 3 is 2.75 bits per heavy atom. The molecule has 0 saturated heterocycles. The number of rotatable bonds is 6. The molecule has 1 amide bonds. The van der Waals surface area contributed by atoms with E-state index < -0.39 is 11.9 Å². The summed E-state index contributed by atoms with van der Waals surface area (Å²) in [5, 5.41) is 13.6. The average molecular weight is 297 g/mol. The van der Waals surface area contributed by atoms with Gasteiger partial charge in [-0.15, -0.1) is 0 Å². The minimum Gasteiger partial charge on any atom is -0.481 e. The number of hydrogen-bond acceptors (Lipinski definition) is 5. The molecule has 0 aliphatic heterocycles. The van der Waals surface area contributed by atoms with Crippen molar-refractivity contribution in [2.75, 3.05) is 5.75 Å². The smallest absolute Gasteiger partial charge is 0.313 e. The molecule has 0 saturated carbocycles. The highest BCUT2D eigenvalue weighted by Gasteiger charge is 2.18. The summed E-state index contributed by atoms with van der Waals surface area (Å²) in [4.78, 5) is 26.1. The first-order chi connectivity index (χ1) is 9.40. The van der Waals surface area contributed by atoms with Crippen molar-refractivity contribution in [3.8, 4) is 0 Å². The van der Waals surface area contributed by atoms with Crippen LogP contribution < -0.4 is 5.73 Å². The van der Waals surface area contributed by atoms with Gasteiger partial charge in [0.2, 0.25) is 5.91 Å². The van der Waals surface area contributed by atoms with Gasteiger partial charge in [0.15, 0.2) is 10.8 Å². The first-order valence-electron chi connectivity index (χ1n) is 5.93. The predicted octanol–water partition coefficient (Wildman–Crippen LogP) is 0.130. The van der Waals surface area contributed by atoms with Crippen molar-refractivity contribution in [2.45, 2.75) is 25.0 Å². The van der Waals surface area contributed by atoms with Gasteiger partial charge < -0.3 is 15.4 Å². The quantitative estimate of drug-likeness (QED) is 0.732. The van der Waals surface area contributed by atoms with E-state index in [1.807, 2.05) is 6.92 Å². The Labute approximate surface area is 118 Å². The lowest BCUT2D eigenvalue weighted by Crippen LogP contribution is -2.15. The summed E-state index contributed by atoms with van der Waals surface area (Å²) in [6, 6.07) is 0. The Morgan fingerprint density at radius 2 is 2.15 bits per heavy atom. The maximum Gasteiger partial charge on any atom is 0.313 e. The van der Waals surface area contributed by atoms with Crippen molar-refractivity contribution in [2.24, 2.45) is 12.8 Å². The molecule has 2 rings (SSSR count). The normalized spacial score (nSPS) is 11.1. The van der Waals surface area contributed by atoms with Crippen LogP contribution in [0.15, 0.2) is 5.16 Å². The zero-order valence-corrected chi connectivity index (χ0v) is 12.0. The number of primary amides is 1. The Kier molecular flexibility index (Phi) is 3.98. The third kappa shape index (κ3) is 2.77. The number of nitrogens with two attached hydrogens (primary N) is 1. The van der Waals surface area contributed by atoms with Crippen molar-refractivity contribution in [3.05, 3.63) is 5.69 Å². The van der Waals surface area contributed by atoms with Gasteiger partial charge in [-0.1, -0.05) is 11.8 Å². The second kappa shape index (κ2) is 5.53. The largest absolute Gasteiger partial charge is 0.481 e. The minimum absolute atomic E-state index is 0.0909. The molecule has 2 aromatic heterocycles. The molecule has 0 radical (unpaired) electrons. The molecule has 0 aliphatic carbocycles. The Morgan fingerprint density at radius 1 is 1.45 bits per heavy atom. The number of amides is 1. The van der Waals surface area contributed by atoms with Crippen LogP contribution in [0.3, 0.4) is 0 Å². The molecule has 2 aromatic rings. The fourth-order valence-electron chi connectivity index (χ4n) is 1.97. The monoisotopic (exact) mass is 297 g/mol. The lowest BCUT2D eigenvalue weighted by atomic mass is 10.4. The first-order valence-corrected chi connectivity index (χ1v) is 6.91. The van der Waals surface area contributed by atoms with Crippen molar-refractivity contribution in [1.82, 2.24) is 19.3 Å². The van der Waals surface area contributed by atoms with Crippen LogP contribution in [-0.2, 0) is 23.2 Å². The fourth-order valence-corrected chi connectivity index (χ4v) is 2.72. The zero-order chi connectivity index (χ0) is 14.9. The molecule has 8 nitrogen and oxygen atoms in total. The lowest BCUT2D eigenvalue weighted by molar-refractivity contribution is -0.134. The van der Waals surface area contributed by atoms with Gasteiger partial charge in [-0.05, 0) is 6.92 Å². The summed E-state index contributed by atoms with van der Waals surface area (Å²) < 4.78 is 3.46. The number of hydrogen-bond donors (Lipinski definition) is 2. The van der Waals surface area contributed by atoms with E-state index in [4.69, 9.17) is 10.8 Å².